The highest BCUT2D eigenvalue weighted by molar-refractivity contribution is 6.35. The molecule has 28 heavy (non-hydrogen) atoms. The SMILES string of the molecule is O=c1c2cccc(Cl)c2nc(-c2ccccc2O)n1CCc1cccc(F)c1. The van der Waals surface area contributed by atoms with Crippen molar-refractivity contribution in [2.75, 3.05) is 0 Å². The van der Waals surface area contributed by atoms with Crippen LogP contribution < -0.4 is 5.56 Å². The summed E-state index contributed by atoms with van der Waals surface area (Å²) in [6, 6.07) is 18.0. The largest absolute Gasteiger partial charge is 0.507 e. The van der Waals surface area contributed by atoms with E-state index in [9.17, 15) is 14.3 Å². The summed E-state index contributed by atoms with van der Waals surface area (Å²) in [4.78, 5) is 17.8. The van der Waals surface area contributed by atoms with Crippen LogP contribution in [-0.4, -0.2) is 14.7 Å². The Labute approximate surface area is 165 Å². The summed E-state index contributed by atoms with van der Waals surface area (Å²) in [6.45, 7) is 0.279. The highest BCUT2D eigenvalue weighted by Gasteiger charge is 2.16. The van der Waals surface area contributed by atoms with Crippen LogP contribution in [0.4, 0.5) is 4.39 Å². The van der Waals surface area contributed by atoms with Gasteiger partial charge in [-0.25, -0.2) is 9.37 Å². The molecule has 0 aliphatic carbocycles. The average molecular weight is 395 g/mol. The number of phenols is 1. The van der Waals surface area contributed by atoms with Crippen molar-refractivity contribution in [2.24, 2.45) is 0 Å². The van der Waals surface area contributed by atoms with Crippen LogP contribution >= 0.6 is 11.6 Å². The minimum Gasteiger partial charge on any atom is -0.507 e. The van der Waals surface area contributed by atoms with Crippen molar-refractivity contribution in [3.63, 3.8) is 0 Å². The first-order valence-corrected chi connectivity index (χ1v) is 9.14. The second-order valence-corrected chi connectivity index (χ2v) is 6.83. The molecule has 0 radical (unpaired) electrons. The molecule has 0 aliphatic heterocycles. The lowest BCUT2D eigenvalue weighted by Crippen LogP contribution is -2.24. The standard InChI is InChI=1S/C22H16ClFN2O2/c23-18-9-4-8-17-20(18)25-21(16-7-1-2-10-19(16)27)26(22(17)28)12-11-14-5-3-6-15(24)13-14/h1-10,13,27H,11-12H2. The maximum atomic E-state index is 13.5. The van der Waals surface area contributed by atoms with Crippen molar-refractivity contribution in [1.29, 1.82) is 0 Å². The third-order valence-corrected chi connectivity index (χ3v) is 4.90. The van der Waals surface area contributed by atoms with Gasteiger partial charge >= 0.3 is 0 Å². The second kappa shape index (κ2) is 7.44. The van der Waals surface area contributed by atoms with Crippen LogP contribution in [0.25, 0.3) is 22.3 Å². The van der Waals surface area contributed by atoms with Crippen molar-refractivity contribution in [3.8, 4) is 17.1 Å². The fourth-order valence-corrected chi connectivity index (χ4v) is 3.44. The van der Waals surface area contributed by atoms with Crippen LogP contribution in [-0.2, 0) is 13.0 Å². The van der Waals surface area contributed by atoms with Gasteiger partial charge in [0.2, 0.25) is 0 Å². The first-order chi connectivity index (χ1) is 13.5. The monoisotopic (exact) mass is 394 g/mol. The molecule has 4 aromatic rings. The highest BCUT2D eigenvalue weighted by Crippen LogP contribution is 2.29. The van der Waals surface area contributed by atoms with Gasteiger partial charge in [0, 0.05) is 6.54 Å². The molecule has 0 aliphatic rings. The van der Waals surface area contributed by atoms with Crippen LogP contribution in [0.2, 0.25) is 5.02 Å². The molecule has 4 nitrogen and oxygen atoms in total. The maximum Gasteiger partial charge on any atom is 0.261 e. The number of aromatic nitrogens is 2. The zero-order chi connectivity index (χ0) is 19.7. The molecule has 1 aromatic heterocycles. The quantitative estimate of drug-likeness (QED) is 0.540. The molecule has 0 amide bonds. The minimum absolute atomic E-state index is 0.0142. The minimum atomic E-state index is -0.325. The molecular weight excluding hydrogens is 379 g/mol. The van der Waals surface area contributed by atoms with Crippen LogP contribution in [0.3, 0.4) is 0 Å². The van der Waals surface area contributed by atoms with Crippen LogP contribution in [0, 0.1) is 5.82 Å². The molecule has 6 heteroatoms. The molecule has 0 spiro atoms. The molecule has 0 unspecified atom stereocenters. The highest BCUT2D eigenvalue weighted by atomic mass is 35.5. The van der Waals surface area contributed by atoms with Crippen molar-refractivity contribution < 1.29 is 9.50 Å². The third kappa shape index (κ3) is 3.37. The molecule has 1 heterocycles. The van der Waals surface area contributed by atoms with E-state index >= 15 is 0 Å². The first-order valence-electron chi connectivity index (χ1n) is 8.76. The van der Waals surface area contributed by atoms with Gasteiger partial charge in [-0.15, -0.1) is 0 Å². The molecule has 4 rings (SSSR count). The number of hydrogen-bond donors (Lipinski definition) is 1. The number of para-hydroxylation sites is 2. The summed E-state index contributed by atoms with van der Waals surface area (Å²) < 4.78 is 15.0. The Kier molecular flexibility index (Phi) is 4.84. The van der Waals surface area contributed by atoms with Gasteiger partial charge in [-0.1, -0.05) is 41.9 Å². The summed E-state index contributed by atoms with van der Waals surface area (Å²) in [5.74, 6) is 0.00889. The van der Waals surface area contributed by atoms with E-state index in [1.54, 1.807) is 48.5 Å². The van der Waals surface area contributed by atoms with Crippen LogP contribution in [0.5, 0.6) is 5.75 Å². The van der Waals surface area contributed by atoms with Gasteiger partial charge in [0.1, 0.15) is 17.4 Å². The lowest BCUT2D eigenvalue weighted by molar-refractivity contribution is 0.476. The number of halogens is 2. The predicted molar refractivity (Wildman–Crippen MR) is 108 cm³/mol. The molecule has 3 aromatic carbocycles. The Balaban J connectivity index is 1.90. The van der Waals surface area contributed by atoms with Gasteiger partial charge in [-0.05, 0) is 48.4 Å². The van der Waals surface area contributed by atoms with Gasteiger partial charge in [0.05, 0.1) is 21.5 Å². The van der Waals surface area contributed by atoms with Crippen molar-refractivity contribution in [3.05, 3.63) is 93.5 Å². The lowest BCUT2D eigenvalue weighted by Gasteiger charge is -2.15. The van der Waals surface area contributed by atoms with E-state index in [-0.39, 0.29) is 23.7 Å². The fraction of sp³-hybridized carbons (Fsp3) is 0.0909. The van der Waals surface area contributed by atoms with E-state index in [4.69, 9.17) is 11.6 Å². The van der Waals surface area contributed by atoms with E-state index in [1.807, 2.05) is 0 Å². The Morgan fingerprint density at radius 2 is 1.82 bits per heavy atom. The van der Waals surface area contributed by atoms with E-state index in [1.165, 1.54) is 22.8 Å². The Morgan fingerprint density at radius 1 is 1.04 bits per heavy atom. The molecule has 0 fully saturated rings. The third-order valence-electron chi connectivity index (χ3n) is 4.59. The number of aryl methyl sites for hydroxylation is 1. The average Bonchev–Trinajstić information content (AvgIpc) is 2.68. The second-order valence-electron chi connectivity index (χ2n) is 6.43. The maximum absolute atomic E-state index is 13.5. The Bertz CT molecular complexity index is 1240. The zero-order valence-electron chi connectivity index (χ0n) is 14.8. The van der Waals surface area contributed by atoms with Crippen LogP contribution in [0.15, 0.2) is 71.5 Å². The summed E-state index contributed by atoms with van der Waals surface area (Å²) in [7, 11) is 0. The van der Waals surface area contributed by atoms with E-state index < -0.39 is 0 Å². The van der Waals surface area contributed by atoms with Gasteiger partial charge in [0.25, 0.3) is 5.56 Å². The Morgan fingerprint density at radius 3 is 2.61 bits per heavy atom. The smallest absolute Gasteiger partial charge is 0.261 e. The van der Waals surface area contributed by atoms with Crippen LogP contribution in [0.1, 0.15) is 5.56 Å². The molecule has 0 saturated heterocycles. The molecule has 0 saturated carbocycles. The molecule has 1 N–H and O–H groups in total. The van der Waals surface area contributed by atoms with Gasteiger partial charge in [-0.2, -0.15) is 0 Å². The summed E-state index contributed by atoms with van der Waals surface area (Å²) >= 11 is 6.26. The lowest BCUT2D eigenvalue weighted by atomic mass is 10.1. The van der Waals surface area contributed by atoms with E-state index in [2.05, 4.69) is 4.98 Å². The molecule has 140 valence electrons. The number of rotatable bonds is 4. The number of phenolic OH excluding ortho intramolecular Hbond substituents is 1. The number of hydrogen-bond acceptors (Lipinski definition) is 3. The summed E-state index contributed by atoms with van der Waals surface area (Å²) in [6.07, 6.45) is 0.437. The number of aromatic hydroxyl groups is 1. The zero-order valence-corrected chi connectivity index (χ0v) is 15.5. The predicted octanol–water partition coefficient (Wildman–Crippen LogP) is 4.80. The Hall–Kier alpha value is -3.18. The van der Waals surface area contributed by atoms with Gasteiger partial charge in [-0.3, -0.25) is 9.36 Å². The summed E-state index contributed by atoms with van der Waals surface area (Å²) in [5, 5.41) is 11.1. The molecule has 0 bridgehead atoms. The normalized spacial score (nSPS) is 11.1. The molecular formula is C22H16ClFN2O2. The fourth-order valence-electron chi connectivity index (χ4n) is 3.22. The molecule has 0 atom stereocenters. The van der Waals surface area contributed by atoms with Gasteiger partial charge < -0.3 is 5.11 Å². The summed E-state index contributed by atoms with van der Waals surface area (Å²) in [5.41, 5.74) is 1.32. The van der Waals surface area contributed by atoms with Crippen molar-refractivity contribution in [1.82, 2.24) is 9.55 Å². The van der Waals surface area contributed by atoms with Crippen molar-refractivity contribution >= 4 is 22.5 Å². The number of fused-ring (bicyclic) bond motifs is 1. The van der Waals surface area contributed by atoms with E-state index in [0.717, 1.165) is 5.56 Å². The first kappa shape index (κ1) is 18.2. The van der Waals surface area contributed by atoms with Gasteiger partial charge in [0.15, 0.2) is 0 Å². The van der Waals surface area contributed by atoms with E-state index in [0.29, 0.717) is 33.7 Å². The number of nitrogens with zero attached hydrogens (tertiary/aromatic N) is 2. The topological polar surface area (TPSA) is 55.1 Å². The van der Waals surface area contributed by atoms with Crippen molar-refractivity contribution in [2.45, 2.75) is 13.0 Å². The number of benzene rings is 3.